The summed E-state index contributed by atoms with van der Waals surface area (Å²) in [4.78, 5) is 13.3. The second-order valence-electron chi connectivity index (χ2n) is 11.5. The molecule has 3 fully saturated rings. The maximum atomic E-state index is 14.7. The van der Waals surface area contributed by atoms with Gasteiger partial charge in [0.15, 0.2) is 0 Å². The molecule has 1 N–H and O–H groups in total. The van der Waals surface area contributed by atoms with E-state index in [0.29, 0.717) is 35.3 Å². The quantitative estimate of drug-likeness (QED) is 0.500. The van der Waals surface area contributed by atoms with Crippen LogP contribution >= 0.6 is 0 Å². The van der Waals surface area contributed by atoms with Crippen molar-refractivity contribution >= 4 is 11.6 Å². The van der Waals surface area contributed by atoms with Gasteiger partial charge in [-0.1, -0.05) is 31.5 Å². The lowest BCUT2D eigenvalue weighted by Gasteiger charge is -2.36. The zero-order chi connectivity index (χ0) is 24.2. The molecule has 2 aromatic rings. The maximum Gasteiger partial charge on any atom is 0.249 e. The fourth-order valence-corrected chi connectivity index (χ4v) is 6.10. The van der Waals surface area contributed by atoms with Gasteiger partial charge < -0.3 is 9.88 Å². The molecule has 3 saturated carbocycles. The second-order valence-corrected chi connectivity index (χ2v) is 11.5. The molecule has 5 rings (SSSR count). The van der Waals surface area contributed by atoms with E-state index in [-0.39, 0.29) is 12.3 Å². The van der Waals surface area contributed by atoms with Gasteiger partial charge in [0.2, 0.25) is 11.8 Å². The molecular formula is C27H36F2N4O. The van der Waals surface area contributed by atoms with Gasteiger partial charge >= 0.3 is 0 Å². The van der Waals surface area contributed by atoms with Crippen molar-refractivity contribution in [2.75, 3.05) is 5.32 Å². The predicted octanol–water partition coefficient (Wildman–Crippen LogP) is 6.54. The molecule has 7 heteroatoms. The van der Waals surface area contributed by atoms with E-state index in [4.69, 9.17) is 0 Å². The van der Waals surface area contributed by atoms with Crippen molar-refractivity contribution in [2.24, 2.45) is 17.8 Å². The molecule has 5 nitrogen and oxygen atoms in total. The number of carbonyl (C=O) groups excluding carboxylic acids is 1. The van der Waals surface area contributed by atoms with Gasteiger partial charge in [-0.2, -0.15) is 0 Å². The van der Waals surface area contributed by atoms with Crippen LogP contribution in [0.1, 0.15) is 99.4 Å². The molecule has 1 heterocycles. The van der Waals surface area contributed by atoms with Crippen molar-refractivity contribution < 1.29 is 13.6 Å². The Kier molecular flexibility index (Phi) is 6.01. The maximum absolute atomic E-state index is 14.7. The van der Waals surface area contributed by atoms with Gasteiger partial charge in [-0.25, -0.2) is 8.78 Å². The lowest BCUT2D eigenvalue weighted by molar-refractivity contribution is -0.121. The Hall–Kier alpha value is -2.31. The molecule has 0 spiro atoms. The van der Waals surface area contributed by atoms with Gasteiger partial charge in [-0.3, -0.25) is 4.79 Å². The molecule has 2 atom stereocenters. The Morgan fingerprint density at radius 1 is 1.15 bits per heavy atom. The summed E-state index contributed by atoms with van der Waals surface area (Å²) in [5.74, 6) is -1.35. The molecular weight excluding hydrogens is 434 g/mol. The minimum absolute atomic E-state index is 0.293. The van der Waals surface area contributed by atoms with E-state index in [1.165, 1.54) is 6.42 Å². The average molecular weight is 471 g/mol. The highest BCUT2D eigenvalue weighted by atomic mass is 19.3. The first-order valence-corrected chi connectivity index (χ1v) is 12.8. The number of aryl methyl sites for hydroxylation is 2. The molecule has 0 saturated heterocycles. The Morgan fingerprint density at radius 3 is 2.50 bits per heavy atom. The number of halogens is 2. The zero-order valence-electron chi connectivity index (χ0n) is 20.7. The summed E-state index contributed by atoms with van der Waals surface area (Å²) >= 11 is 0. The van der Waals surface area contributed by atoms with Crippen LogP contribution in [0.3, 0.4) is 0 Å². The second kappa shape index (κ2) is 8.72. The van der Waals surface area contributed by atoms with Gasteiger partial charge in [0.1, 0.15) is 11.6 Å². The standard InChI is InChI=1S/C27H36F2N4O/c1-15(2)9-18-11-19(12-18)24-31-32-25(33(24)20-6-7-20)21-13-27(28,29)14-22(21)26(34)30-23-8-5-16(3)10-17(23)4/h5,8,10,15,18-22H,6-7,9,11-14H2,1-4H3,(H,30,34)/t18-,19+,21-,22-/m0/s1. The van der Waals surface area contributed by atoms with Crippen LogP contribution in [0.15, 0.2) is 18.2 Å². The molecule has 3 aliphatic rings. The Morgan fingerprint density at radius 2 is 1.85 bits per heavy atom. The van der Waals surface area contributed by atoms with Crippen LogP contribution in [-0.2, 0) is 4.79 Å². The molecule has 1 aromatic carbocycles. The summed E-state index contributed by atoms with van der Waals surface area (Å²) in [7, 11) is 0. The minimum atomic E-state index is -2.88. The number of alkyl halides is 2. The van der Waals surface area contributed by atoms with Crippen LogP contribution in [-0.4, -0.2) is 26.6 Å². The SMILES string of the molecule is Cc1ccc(NC(=O)[C@H]2CC(F)(F)C[C@@H]2c2nnc([C@H]3C[C@@H](CC(C)C)C3)n2C2CC2)c(C)c1. The number of hydrogen-bond acceptors (Lipinski definition) is 3. The first kappa shape index (κ1) is 23.4. The van der Waals surface area contributed by atoms with Crippen molar-refractivity contribution in [3.8, 4) is 0 Å². The number of nitrogens with zero attached hydrogens (tertiary/aromatic N) is 3. The summed E-state index contributed by atoms with van der Waals surface area (Å²) in [6.45, 7) is 8.41. The van der Waals surface area contributed by atoms with E-state index in [2.05, 4.69) is 33.9 Å². The molecule has 184 valence electrons. The monoisotopic (exact) mass is 470 g/mol. The number of nitrogens with one attached hydrogen (secondary N) is 1. The van der Waals surface area contributed by atoms with E-state index >= 15 is 0 Å². The van der Waals surface area contributed by atoms with E-state index < -0.39 is 24.2 Å². The lowest BCUT2D eigenvalue weighted by atomic mass is 9.71. The van der Waals surface area contributed by atoms with Crippen LogP contribution in [0.4, 0.5) is 14.5 Å². The van der Waals surface area contributed by atoms with Crippen LogP contribution in [0, 0.1) is 31.6 Å². The van der Waals surface area contributed by atoms with Crippen molar-refractivity contribution in [3.05, 3.63) is 41.0 Å². The normalized spacial score (nSPS) is 28.2. The van der Waals surface area contributed by atoms with Crippen molar-refractivity contribution in [3.63, 3.8) is 0 Å². The summed E-state index contributed by atoms with van der Waals surface area (Å²) in [5, 5.41) is 12.0. The Balaban J connectivity index is 1.39. The average Bonchev–Trinajstić information content (AvgIpc) is 3.38. The van der Waals surface area contributed by atoms with E-state index in [1.54, 1.807) is 0 Å². The number of anilines is 1. The van der Waals surface area contributed by atoms with Crippen molar-refractivity contribution in [1.82, 2.24) is 14.8 Å². The van der Waals surface area contributed by atoms with Gasteiger partial charge in [0.05, 0.1) is 5.92 Å². The van der Waals surface area contributed by atoms with Gasteiger partial charge in [0, 0.05) is 36.4 Å². The molecule has 0 aliphatic heterocycles. The predicted molar refractivity (Wildman–Crippen MR) is 128 cm³/mol. The first-order valence-electron chi connectivity index (χ1n) is 12.8. The fourth-order valence-electron chi connectivity index (χ4n) is 6.10. The van der Waals surface area contributed by atoms with Gasteiger partial charge in [0.25, 0.3) is 0 Å². The smallest absolute Gasteiger partial charge is 0.249 e. The van der Waals surface area contributed by atoms with Crippen LogP contribution < -0.4 is 5.32 Å². The molecule has 0 unspecified atom stereocenters. The third-order valence-corrected chi connectivity index (χ3v) is 7.90. The van der Waals surface area contributed by atoms with Gasteiger partial charge in [-0.15, -0.1) is 10.2 Å². The van der Waals surface area contributed by atoms with Crippen molar-refractivity contribution in [1.29, 1.82) is 0 Å². The summed E-state index contributed by atoms with van der Waals surface area (Å²) < 4.78 is 31.5. The van der Waals surface area contributed by atoms with E-state index in [0.717, 1.165) is 42.6 Å². The third-order valence-electron chi connectivity index (χ3n) is 7.90. The van der Waals surface area contributed by atoms with Crippen LogP contribution in [0.5, 0.6) is 0 Å². The van der Waals surface area contributed by atoms with Crippen molar-refractivity contribution in [2.45, 2.75) is 96.4 Å². The third kappa shape index (κ3) is 4.63. The Labute approximate surface area is 200 Å². The number of hydrogen-bond donors (Lipinski definition) is 1. The highest BCUT2D eigenvalue weighted by Gasteiger charge is 2.53. The topological polar surface area (TPSA) is 59.8 Å². The summed E-state index contributed by atoms with van der Waals surface area (Å²) in [6.07, 6.45) is 4.69. The number of carbonyl (C=O) groups is 1. The number of aromatic nitrogens is 3. The molecule has 3 aliphatic carbocycles. The van der Waals surface area contributed by atoms with E-state index in [9.17, 15) is 13.6 Å². The Bertz CT molecular complexity index is 1070. The largest absolute Gasteiger partial charge is 0.326 e. The first-order chi connectivity index (χ1) is 16.1. The summed E-state index contributed by atoms with van der Waals surface area (Å²) in [5.41, 5.74) is 2.70. The molecule has 1 aromatic heterocycles. The van der Waals surface area contributed by atoms with Gasteiger partial charge in [-0.05, 0) is 69.4 Å². The molecule has 1 amide bonds. The summed E-state index contributed by atoms with van der Waals surface area (Å²) in [6, 6.07) is 6.04. The molecule has 0 radical (unpaired) electrons. The number of amides is 1. The zero-order valence-corrected chi connectivity index (χ0v) is 20.7. The van der Waals surface area contributed by atoms with Crippen LogP contribution in [0.2, 0.25) is 0 Å². The molecule has 34 heavy (non-hydrogen) atoms. The fraction of sp³-hybridized carbons (Fsp3) is 0.667. The van der Waals surface area contributed by atoms with Crippen LogP contribution in [0.25, 0.3) is 0 Å². The lowest BCUT2D eigenvalue weighted by Crippen LogP contribution is -2.28. The number of benzene rings is 1. The highest BCUT2D eigenvalue weighted by molar-refractivity contribution is 5.94. The number of rotatable bonds is 7. The minimum Gasteiger partial charge on any atom is -0.326 e. The molecule has 0 bridgehead atoms. The highest BCUT2D eigenvalue weighted by Crippen LogP contribution is 2.52. The van der Waals surface area contributed by atoms with E-state index in [1.807, 2.05) is 32.0 Å².